The van der Waals surface area contributed by atoms with Crippen LogP contribution >= 0.6 is 0 Å². The highest BCUT2D eigenvalue weighted by Gasteiger charge is 2.13. The minimum atomic E-state index is 0.716. The normalized spacial score (nSPS) is 15.8. The van der Waals surface area contributed by atoms with Crippen LogP contribution in [0.4, 0.5) is 17.1 Å². The molecule has 1 aromatic heterocycles. The van der Waals surface area contributed by atoms with E-state index in [1.807, 2.05) is 36.5 Å². The standard InChI is InChI=1S/C27H29N5O/c1-2-19-6-7-20-12-13-29-25(21-4-3-5-22(28)18-21)26(20)31-27(19)30-23-8-10-24(11-9-23)32-14-16-33-17-15-32/h3-5,7-13,18,30H,2,6,14-17,28H2,1H3. The SMILES string of the molecule is CCC1=C(Nc2ccc(N3CCOCC3)cc2)N=c2c(-c3cccc(N)c3)nccc2=CC1. The second-order valence-electron chi connectivity index (χ2n) is 8.32. The average Bonchev–Trinajstić information content (AvgIpc) is 3.04. The Morgan fingerprint density at radius 1 is 1.06 bits per heavy atom. The molecule has 2 aliphatic rings. The van der Waals surface area contributed by atoms with Crippen molar-refractivity contribution < 1.29 is 4.74 Å². The molecule has 0 aliphatic carbocycles. The quantitative estimate of drug-likeness (QED) is 0.593. The summed E-state index contributed by atoms with van der Waals surface area (Å²) in [4.78, 5) is 12.1. The lowest BCUT2D eigenvalue weighted by molar-refractivity contribution is 0.122. The zero-order valence-corrected chi connectivity index (χ0v) is 18.9. The molecule has 33 heavy (non-hydrogen) atoms. The molecule has 2 aromatic carbocycles. The number of allylic oxidation sites excluding steroid dienone is 1. The maximum absolute atomic E-state index is 6.04. The topological polar surface area (TPSA) is 75.8 Å². The largest absolute Gasteiger partial charge is 0.399 e. The van der Waals surface area contributed by atoms with Crippen LogP contribution < -0.4 is 26.5 Å². The number of pyridine rings is 1. The second kappa shape index (κ2) is 9.46. The first-order valence-electron chi connectivity index (χ1n) is 11.5. The van der Waals surface area contributed by atoms with E-state index in [9.17, 15) is 0 Å². The van der Waals surface area contributed by atoms with Crippen molar-refractivity contribution in [2.75, 3.05) is 42.3 Å². The van der Waals surface area contributed by atoms with Crippen LogP contribution in [0, 0.1) is 0 Å². The Hall–Kier alpha value is -3.64. The van der Waals surface area contributed by atoms with Crippen molar-refractivity contribution in [1.29, 1.82) is 0 Å². The number of nitrogens with two attached hydrogens (primary N) is 1. The highest BCUT2D eigenvalue weighted by molar-refractivity contribution is 5.64. The fourth-order valence-corrected chi connectivity index (χ4v) is 4.31. The zero-order valence-electron chi connectivity index (χ0n) is 18.9. The molecule has 0 bridgehead atoms. The van der Waals surface area contributed by atoms with Gasteiger partial charge in [-0.3, -0.25) is 4.98 Å². The maximum Gasteiger partial charge on any atom is 0.130 e. The molecule has 6 heteroatoms. The van der Waals surface area contributed by atoms with E-state index < -0.39 is 0 Å². The Morgan fingerprint density at radius 2 is 1.88 bits per heavy atom. The van der Waals surface area contributed by atoms with Crippen LogP contribution in [0.5, 0.6) is 0 Å². The van der Waals surface area contributed by atoms with Crippen molar-refractivity contribution >= 4 is 23.1 Å². The Kier molecular flexibility index (Phi) is 6.09. The summed E-state index contributed by atoms with van der Waals surface area (Å²) in [6, 6.07) is 18.4. The van der Waals surface area contributed by atoms with Crippen LogP contribution in [-0.2, 0) is 4.74 Å². The summed E-state index contributed by atoms with van der Waals surface area (Å²) in [5, 5.41) is 5.54. The van der Waals surface area contributed by atoms with Gasteiger partial charge in [-0.15, -0.1) is 0 Å². The number of rotatable bonds is 5. The molecular formula is C27H29N5O. The van der Waals surface area contributed by atoms with Gasteiger partial charge in [0.1, 0.15) is 5.82 Å². The molecule has 3 heterocycles. The van der Waals surface area contributed by atoms with Gasteiger partial charge in [0.15, 0.2) is 0 Å². The molecule has 0 radical (unpaired) electrons. The Balaban J connectivity index is 1.51. The third-order valence-corrected chi connectivity index (χ3v) is 6.18. The minimum absolute atomic E-state index is 0.716. The van der Waals surface area contributed by atoms with Gasteiger partial charge in [-0.05, 0) is 60.9 Å². The number of nitrogens with one attached hydrogen (secondary N) is 1. The van der Waals surface area contributed by atoms with Gasteiger partial charge in [0.05, 0.1) is 24.3 Å². The summed E-state index contributed by atoms with van der Waals surface area (Å²) < 4.78 is 5.47. The molecule has 1 saturated heterocycles. The molecule has 1 fully saturated rings. The van der Waals surface area contributed by atoms with Gasteiger partial charge in [0, 0.05) is 47.1 Å². The molecule has 3 N–H and O–H groups in total. The molecule has 6 nitrogen and oxygen atoms in total. The molecule has 0 saturated carbocycles. The van der Waals surface area contributed by atoms with Crippen LogP contribution in [0.3, 0.4) is 0 Å². The Morgan fingerprint density at radius 3 is 2.64 bits per heavy atom. The van der Waals surface area contributed by atoms with E-state index in [2.05, 4.69) is 52.5 Å². The number of anilines is 3. The smallest absolute Gasteiger partial charge is 0.130 e. The maximum atomic E-state index is 6.04. The molecule has 2 aliphatic heterocycles. The van der Waals surface area contributed by atoms with Crippen LogP contribution in [0.1, 0.15) is 19.8 Å². The first-order chi connectivity index (χ1) is 16.2. The van der Waals surface area contributed by atoms with Crippen LogP contribution in [-0.4, -0.2) is 31.3 Å². The molecule has 3 aromatic rings. The lowest BCUT2D eigenvalue weighted by atomic mass is 10.1. The highest BCUT2D eigenvalue weighted by Crippen LogP contribution is 2.23. The van der Waals surface area contributed by atoms with E-state index in [-0.39, 0.29) is 0 Å². The molecular weight excluding hydrogens is 410 g/mol. The number of fused-ring (bicyclic) bond motifs is 1. The van der Waals surface area contributed by atoms with Crippen LogP contribution in [0.15, 0.2) is 77.2 Å². The van der Waals surface area contributed by atoms with Gasteiger partial charge in [-0.1, -0.05) is 25.1 Å². The first kappa shape index (κ1) is 21.2. The van der Waals surface area contributed by atoms with Crippen molar-refractivity contribution in [2.45, 2.75) is 19.8 Å². The van der Waals surface area contributed by atoms with E-state index in [4.69, 9.17) is 15.5 Å². The Labute approximate surface area is 194 Å². The number of ether oxygens (including phenoxy) is 1. The van der Waals surface area contributed by atoms with E-state index >= 15 is 0 Å². The van der Waals surface area contributed by atoms with Crippen molar-refractivity contribution in [3.63, 3.8) is 0 Å². The van der Waals surface area contributed by atoms with Crippen molar-refractivity contribution in [3.05, 3.63) is 82.8 Å². The summed E-state index contributed by atoms with van der Waals surface area (Å²) >= 11 is 0. The molecule has 0 unspecified atom stereocenters. The molecule has 0 spiro atoms. The van der Waals surface area contributed by atoms with Crippen molar-refractivity contribution in [2.24, 2.45) is 4.99 Å². The van der Waals surface area contributed by atoms with Crippen LogP contribution in [0.25, 0.3) is 17.3 Å². The van der Waals surface area contributed by atoms with Gasteiger partial charge in [0.2, 0.25) is 0 Å². The lowest BCUT2D eigenvalue weighted by Gasteiger charge is -2.29. The zero-order chi connectivity index (χ0) is 22.6. The monoisotopic (exact) mass is 439 g/mol. The summed E-state index contributed by atoms with van der Waals surface area (Å²) in [5.41, 5.74) is 12.1. The number of nitrogen functional groups attached to an aromatic ring is 1. The van der Waals surface area contributed by atoms with Gasteiger partial charge >= 0.3 is 0 Å². The minimum Gasteiger partial charge on any atom is -0.399 e. The van der Waals surface area contributed by atoms with E-state index in [0.29, 0.717) is 5.69 Å². The van der Waals surface area contributed by atoms with Gasteiger partial charge in [0.25, 0.3) is 0 Å². The third-order valence-electron chi connectivity index (χ3n) is 6.18. The average molecular weight is 440 g/mol. The second-order valence-corrected chi connectivity index (χ2v) is 8.32. The Bertz CT molecular complexity index is 1290. The predicted octanol–water partition coefficient (Wildman–Crippen LogP) is 3.70. The summed E-state index contributed by atoms with van der Waals surface area (Å²) in [6.45, 7) is 5.60. The fraction of sp³-hybridized carbons (Fsp3) is 0.259. The van der Waals surface area contributed by atoms with E-state index in [1.165, 1.54) is 11.3 Å². The molecule has 0 amide bonds. The number of morpholine rings is 1. The van der Waals surface area contributed by atoms with Gasteiger partial charge in [-0.25, -0.2) is 4.99 Å². The van der Waals surface area contributed by atoms with E-state index in [0.717, 1.165) is 72.5 Å². The molecule has 0 atom stereocenters. The summed E-state index contributed by atoms with van der Waals surface area (Å²) in [6.07, 6.45) is 5.86. The third kappa shape index (κ3) is 4.61. The van der Waals surface area contributed by atoms with Gasteiger partial charge < -0.3 is 20.7 Å². The van der Waals surface area contributed by atoms with Crippen molar-refractivity contribution in [3.8, 4) is 11.3 Å². The predicted molar refractivity (Wildman–Crippen MR) is 134 cm³/mol. The number of nitrogens with zero attached hydrogens (tertiary/aromatic N) is 3. The first-order valence-corrected chi connectivity index (χ1v) is 11.5. The van der Waals surface area contributed by atoms with Gasteiger partial charge in [-0.2, -0.15) is 0 Å². The fourth-order valence-electron chi connectivity index (χ4n) is 4.31. The highest BCUT2D eigenvalue weighted by atomic mass is 16.5. The van der Waals surface area contributed by atoms with Crippen molar-refractivity contribution in [1.82, 2.24) is 4.98 Å². The van der Waals surface area contributed by atoms with E-state index in [1.54, 1.807) is 0 Å². The molecule has 5 rings (SSSR count). The number of hydrogen-bond donors (Lipinski definition) is 2. The summed E-state index contributed by atoms with van der Waals surface area (Å²) in [5.74, 6) is 0.893. The molecule has 168 valence electrons. The number of hydrogen-bond acceptors (Lipinski definition) is 6. The number of benzene rings is 2. The lowest BCUT2D eigenvalue weighted by Crippen LogP contribution is -2.36. The number of aromatic nitrogens is 1. The van der Waals surface area contributed by atoms with Crippen LogP contribution in [0.2, 0.25) is 0 Å². The summed E-state index contributed by atoms with van der Waals surface area (Å²) in [7, 11) is 0.